The first-order valence-corrected chi connectivity index (χ1v) is 8.85. The molecule has 3 rings (SSSR count). The van der Waals surface area contributed by atoms with E-state index in [1.54, 1.807) is 51.1 Å². The molecule has 1 atom stereocenters. The zero-order valence-electron chi connectivity index (χ0n) is 15.2. The first-order valence-electron chi connectivity index (χ1n) is 8.48. The van der Waals surface area contributed by atoms with Crippen LogP contribution in [0.2, 0.25) is 5.02 Å². The summed E-state index contributed by atoms with van der Waals surface area (Å²) in [5.41, 5.74) is 0.291. The number of ketones is 1. The summed E-state index contributed by atoms with van der Waals surface area (Å²) in [6.07, 6.45) is 0. The van der Waals surface area contributed by atoms with Crippen molar-refractivity contribution in [2.45, 2.75) is 26.8 Å². The number of hydrogen-bond acceptors (Lipinski definition) is 4. The number of carbonyl (C=O) groups is 2. The summed E-state index contributed by atoms with van der Waals surface area (Å²) in [4.78, 5) is 27.3. The van der Waals surface area contributed by atoms with Crippen molar-refractivity contribution in [1.29, 1.82) is 0 Å². The van der Waals surface area contributed by atoms with Crippen molar-refractivity contribution in [2.24, 2.45) is 5.41 Å². The molecule has 0 radical (unpaired) electrons. The van der Waals surface area contributed by atoms with Crippen LogP contribution < -0.4 is 4.90 Å². The van der Waals surface area contributed by atoms with E-state index in [1.807, 2.05) is 6.07 Å². The average Bonchev–Trinajstić information content (AvgIpc) is 2.88. The zero-order chi connectivity index (χ0) is 19.9. The first-order chi connectivity index (χ1) is 12.6. The summed E-state index contributed by atoms with van der Waals surface area (Å²) in [5, 5.41) is 20.4. The molecule has 0 fully saturated rings. The topological polar surface area (TPSA) is 77.8 Å². The normalized spacial score (nSPS) is 17.6. The number of aliphatic hydroxyl groups excluding tert-OH is 1. The van der Waals surface area contributed by atoms with Crippen LogP contribution in [0.15, 0.2) is 59.9 Å². The highest BCUT2D eigenvalue weighted by Crippen LogP contribution is 2.44. The molecule has 27 heavy (non-hydrogen) atoms. The van der Waals surface area contributed by atoms with E-state index < -0.39 is 23.1 Å². The smallest absolute Gasteiger partial charge is 0.294 e. The van der Waals surface area contributed by atoms with Crippen LogP contribution in [0.1, 0.15) is 32.4 Å². The number of aromatic hydroxyl groups is 1. The second kappa shape index (κ2) is 6.74. The van der Waals surface area contributed by atoms with Gasteiger partial charge in [0.2, 0.25) is 0 Å². The fourth-order valence-corrected chi connectivity index (χ4v) is 3.29. The van der Waals surface area contributed by atoms with Crippen LogP contribution in [-0.2, 0) is 9.59 Å². The van der Waals surface area contributed by atoms with Gasteiger partial charge in [0.15, 0.2) is 11.5 Å². The highest BCUT2D eigenvalue weighted by atomic mass is 35.5. The van der Waals surface area contributed by atoms with E-state index in [1.165, 1.54) is 17.0 Å². The number of nitrogens with zero attached hydrogens (tertiary/aromatic N) is 1. The molecule has 1 unspecified atom stereocenters. The minimum Gasteiger partial charge on any atom is -0.506 e. The minimum absolute atomic E-state index is 0.0260. The standard InChI is InChI=1S/C21H20ClNO4/c1-21(2,3)19(26)16-17(12-9-10-15(24)14(22)11-12)23(20(27)18(16)25)13-7-5-4-6-8-13/h4-11,17,24-25H,1-3H3. The zero-order valence-corrected chi connectivity index (χ0v) is 16.0. The molecular weight excluding hydrogens is 366 g/mol. The molecule has 1 aliphatic heterocycles. The number of benzene rings is 2. The van der Waals surface area contributed by atoms with Gasteiger partial charge in [0.1, 0.15) is 5.75 Å². The van der Waals surface area contributed by atoms with E-state index in [9.17, 15) is 19.8 Å². The molecule has 0 spiro atoms. The Morgan fingerprint density at radius 3 is 2.26 bits per heavy atom. The Balaban J connectivity index is 2.23. The number of hydrogen-bond donors (Lipinski definition) is 2. The Kier molecular flexibility index (Phi) is 4.74. The number of halogens is 1. The van der Waals surface area contributed by atoms with Crippen molar-refractivity contribution in [3.8, 4) is 5.75 Å². The number of carbonyl (C=O) groups excluding carboxylic acids is 2. The number of para-hydroxylation sites is 1. The SMILES string of the molecule is CC(C)(C)C(=O)C1=C(O)C(=O)N(c2ccccc2)C1c1ccc(O)c(Cl)c1. The second-order valence-electron chi connectivity index (χ2n) is 7.47. The molecule has 1 heterocycles. The number of amides is 1. The molecular formula is C21H20ClNO4. The van der Waals surface area contributed by atoms with Crippen molar-refractivity contribution >= 4 is 29.0 Å². The number of phenolic OH excluding ortho intramolecular Hbond substituents is 1. The van der Waals surface area contributed by atoms with Gasteiger partial charge in [-0.15, -0.1) is 0 Å². The van der Waals surface area contributed by atoms with E-state index in [0.717, 1.165) is 0 Å². The molecule has 0 saturated carbocycles. The van der Waals surface area contributed by atoms with Crippen LogP contribution in [0.25, 0.3) is 0 Å². The summed E-state index contributed by atoms with van der Waals surface area (Å²) >= 11 is 6.06. The van der Waals surface area contributed by atoms with E-state index in [4.69, 9.17) is 11.6 Å². The van der Waals surface area contributed by atoms with Crippen LogP contribution >= 0.6 is 11.6 Å². The van der Waals surface area contributed by atoms with Crippen molar-refractivity contribution < 1.29 is 19.8 Å². The molecule has 5 nitrogen and oxygen atoms in total. The summed E-state index contributed by atoms with van der Waals surface area (Å²) in [6, 6.07) is 12.4. The van der Waals surface area contributed by atoms with Crippen LogP contribution in [-0.4, -0.2) is 21.9 Å². The first kappa shape index (κ1) is 19.0. The monoisotopic (exact) mass is 385 g/mol. The number of phenols is 1. The largest absolute Gasteiger partial charge is 0.506 e. The van der Waals surface area contributed by atoms with Crippen LogP contribution in [0.5, 0.6) is 5.75 Å². The van der Waals surface area contributed by atoms with Gasteiger partial charge in [-0.1, -0.05) is 56.6 Å². The average molecular weight is 386 g/mol. The van der Waals surface area contributed by atoms with Gasteiger partial charge in [-0.25, -0.2) is 0 Å². The Labute approximate surface area is 162 Å². The molecule has 1 aliphatic rings. The Hall–Kier alpha value is -2.79. The number of rotatable bonds is 3. The quantitative estimate of drug-likeness (QED) is 0.811. The van der Waals surface area contributed by atoms with Gasteiger partial charge in [-0.05, 0) is 29.8 Å². The summed E-state index contributed by atoms with van der Waals surface area (Å²) in [6.45, 7) is 5.18. The molecule has 2 aromatic carbocycles. The van der Waals surface area contributed by atoms with Crippen molar-refractivity contribution in [2.75, 3.05) is 4.90 Å². The van der Waals surface area contributed by atoms with Gasteiger partial charge >= 0.3 is 0 Å². The third-order valence-electron chi connectivity index (χ3n) is 4.46. The molecule has 1 amide bonds. The van der Waals surface area contributed by atoms with E-state index in [2.05, 4.69) is 0 Å². The van der Waals surface area contributed by atoms with Gasteiger partial charge in [0.25, 0.3) is 5.91 Å². The number of Topliss-reactive ketones (excluding diaryl/α,β-unsaturated/α-hetero) is 1. The van der Waals surface area contributed by atoms with E-state index >= 15 is 0 Å². The molecule has 0 bridgehead atoms. The van der Waals surface area contributed by atoms with Gasteiger partial charge in [-0.2, -0.15) is 0 Å². The number of anilines is 1. The second-order valence-corrected chi connectivity index (χ2v) is 7.87. The fraction of sp³-hybridized carbons (Fsp3) is 0.238. The van der Waals surface area contributed by atoms with Gasteiger partial charge in [0, 0.05) is 11.1 Å². The van der Waals surface area contributed by atoms with Gasteiger partial charge in [0.05, 0.1) is 16.6 Å². The highest BCUT2D eigenvalue weighted by Gasteiger charge is 2.46. The predicted octanol–water partition coefficient (Wildman–Crippen LogP) is 4.56. The number of aliphatic hydroxyl groups is 1. The molecule has 6 heteroatoms. The van der Waals surface area contributed by atoms with Crippen LogP contribution in [0.3, 0.4) is 0 Å². The Bertz CT molecular complexity index is 944. The minimum atomic E-state index is -0.843. The van der Waals surface area contributed by atoms with E-state index in [0.29, 0.717) is 11.3 Å². The Morgan fingerprint density at radius 1 is 1.07 bits per heavy atom. The summed E-state index contributed by atoms with van der Waals surface area (Å²) in [5.74, 6) is -1.65. The lowest BCUT2D eigenvalue weighted by atomic mass is 9.82. The third-order valence-corrected chi connectivity index (χ3v) is 4.76. The lowest BCUT2D eigenvalue weighted by Crippen LogP contribution is -2.32. The summed E-state index contributed by atoms with van der Waals surface area (Å²) in [7, 11) is 0. The van der Waals surface area contributed by atoms with Crippen molar-refractivity contribution in [3.05, 3.63) is 70.4 Å². The maximum absolute atomic E-state index is 13.1. The fourth-order valence-electron chi connectivity index (χ4n) is 3.10. The highest BCUT2D eigenvalue weighted by molar-refractivity contribution is 6.32. The summed E-state index contributed by atoms with van der Waals surface area (Å²) < 4.78 is 0. The van der Waals surface area contributed by atoms with E-state index in [-0.39, 0.29) is 22.1 Å². The molecule has 2 aromatic rings. The third kappa shape index (κ3) is 3.30. The molecule has 0 aromatic heterocycles. The predicted molar refractivity (Wildman–Crippen MR) is 104 cm³/mol. The Morgan fingerprint density at radius 2 is 1.70 bits per heavy atom. The van der Waals surface area contributed by atoms with Crippen LogP contribution in [0, 0.1) is 5.41 Å². The molecule has 2 N–H and O–H groups in total. The van der Waals surface area contributed by atoms with Gasteiger partial charge < -0.3 is 10.2 Å². The molecule has 0 saturated heterocycles. The van der Waals surface area contributed by atoms with Gasteiger partial charge in [-0.3, -0.25) is 14.5 Å². The maximum atomic E-state index is 13.1. The van der Waals surface area contributed by atoms with Crippen molar-refractivity contribution in [1.82, 2.24) is 0 Å². The lowest BCUT2D eigenvalue weighted by molar-refractivity contribution is -0.123. The molecule has 140 valence electrons. The lowest BCUT2D eigenvalue weighted by Gasteiger charge is -2.29. The maximum Gasteiger partial charge on any atom is 0.294 e. The van der Waals surface area contributed by atoms with Crippen molar-refractivity contribution in [3.63, 3.8) is 0 Å². The molecule has 0 aliphatic carbocycles. The van der Waals surface area contributed by atoms with Crippen LogP contribution in [0.4, 0.5) is 5.69 Å².